The van der Waals surface area contributed by atoms with Gasteiger partial charge in [0.15, 0.2) is 6.61 Å². The summed E-state index contributed by atoms with van der Waals surface area (Å²) in [5.74, 6) is 1.10. The quantitative estimate of drug-likeness (QED) is 0.795. The van der Waals surface area contributed by atoms with E-state index in [4.69, 9.17) is 9.47 Å². The van der Waals surface area contributed by atoms with Crippen molar-refractivity contribution >= 4 is 17.8 Å². The van der Waals surface area contributed by atoms with Gasteiger partial charge in [-0.05, 0) is 63.6 Å². The molecule has 1 saturated heterocycles. The van der Waals surface area contributed by atoms with Crippen LogP contribution in [0.15, 0.2) is 24.3 Å². The minimum Gasteiger partial charge on any atom is -0.484 e. The van der Waals surface area contributed by atoms with Crippen molar-refractivity contribution in [2.75, 3.05) is 19.7 Å². The highest BCUT2D eigenvalue weighted by molar-refractivity contribution is 5.81. The predicted molar refractivity (Wildman–Crippen MR) is 113 cm³/mol. The molecule has 0 unspecified atom stereocenters. The van der Waals surface area contributed by atoms with Gasteiger partial charge in [-0.2, -0.15) is 0 Å². The summed E-state index contributed by atoms with van der Waals surface area (Å²) in [6.45, 7) is 6.62. The van der Waals surface area contributed by atoms with Crippen LogP contribution in [0.1, 0.15) is 64.4 Å². The van der Waals surface area contributed by atoms with E-state index in [0.29, 0.717) is 56.2 Å². The number of piperidine rings is 1. The zero-order valence-corrected chi connectivity index (χ0v) is 18.1. The molecule has 1 saturated carbocycles. The summed E-state index contributed by atoms with van der Waals surface area (Å²) in [6.07, 6.45) is 3.28. The van der Waals surface area contributed by atoms with Crippen LogP contribution in [-0.2, 0) is 14.3 Å². The SMILES string of the molecule is CC(C)(C)OC(=O)N1CCC(NC(=O)COc2ccc([C@@H]3CCC(=O)C3)cc2)CC1. The maximum absolute atomic E-state index is 12.2. The van der Waals surface area contributed by atoms with Gasteiger partial charge in [0.1, 0.15) is 17.1 Å². The normalized spacial score (nSPS) is 20.2. The van der Waals surface area contributed by atoms with E-state index in [9.17, 15) is 14.4 Å². The van der Waals surface area contributed by atoms with Crippen molar-refractivity contribution in [3.63, 3.8) is 0 Å². The molecule has 2 amide bonds. The van der Waals surface area contributed by atoms with Gasteiger partial charge in [-0.15, -0.1) is 0 Å². The van der Waals surface area contributed by atoms with Crippen molar-refractivity contribution in [1.29, 1.82) is 0 Å². The largest absolute Gasteiger partial charge is 0.484 e. The molecule has 0 spiro atoms. The second kappa shape index (κ2) is 9.49. The lowest BCUT2D eigenvalue weighted by atomic mass is 9.98. The number of rotatable bonds is 5. The number of likely N-dealkylation sites (tertiary alicyclic amines) is 1. The van der Waals surface area contributed by atoms with Crippen LogP contribution in [-0.4, -0.2) is 54.0 Å². The number of benzene rings is 1. The average Bonchev–Trinajstić information content (AvgIpc) is 3.12. The smallest absolute Gasteiger partial charge is 0.410 e. The Hall–Kier alpha value is -2.57. The first-order chi connectivity index (χ1) is 14.2. The molecule has 7 heteroatoms. The molecular weight excluding hydrogens is 384 g/mol. The first-order valence-electron chi connectivity index (χ1n) is 10.7. The Kier molecular flexibility index (Phi) is 7.00. The van der Waals surface area contributed by atoms with Gasteiger partial charge in [0, 0.05) is 32.0 Å². The maximum Gasteiger partial charge on any atom is 0.410 e. The molecule has 0 radical (unpaired) electrons. The van der Waals surface area contributed by atoms with Crippen molar-refractivity contribution in [2.24, 2.45) is 0 Å². The zero-order chi connectivity index (χ0) is 21.7. The Labute approximate surface area is 178 Å². The second-order valence-electron chi connectivity index (χ2n) is 9.15. The summed E-state index contributed by atoms with van der Waals surface area (Å²) in [4.78, 5) is 37.5. The molecule has 1 N–H and O–H groups in total. The van der Waals surface area contributed by atoms with Gasteiger partial charge in [-0.1, -0.05) is 12.1 Å². The number of carbonyl (C=O) groups excluding carboxylic acids is 3. The van der Waals surface area contributed by atoms with E-state index >= 15 is 0 Å². The van der Waals surface area contributed by atoms with Gasteiger partial charge >= 0.3 is 6.09 Å². The number of hydrogen-bond acceptors (Lipinski definition) is 5. The Balaban J connectivity index is 1.37. The van der Waals surface area contributed by atoms with E-state index in [1.165, 1.54) is 0 Å². The topological polar surface area (TPSA) is 84.9 Å². The lowest BCUT2D eigenvalue weighted by Gasteiger charge is -2.33. The fourth-order valence-electron chi connectivity index (χ4n) is 3.89. The molecule has 3 rings (SSSR count). The van der Waals surface area contributed by atoms with Gasteiger partial charge in [0.05, 0.1) is 0 Å². The van der Waals surface area contributed by atoms with E-state index in [1.807, 2.05) is 45.0 Å². The molecule has 1 aliphatic heterocycles. The molecule has 1 heterocycles. The number of carbonyl (C=O) groups is 3. The molecule has 164 valence electrons. The van der Waals surface area contributed by atoms with E-state index in [1.54, 1.807) is 4.90 Å². The van der Waals surface area contributed by atoms with Crippen LogP contribution in [0.3, 0.4) is 0 Å². The van der Waals surface area contributed by atoms with E-state index in [2.05, 4.69) is 5.32 Å². The Bertz CT molecular complexity index is 761. The lowest BCUT2D eigenvalue weighted by Crippen LogP contribution is -2.48. The van der Waals surface area contributed by atoms with E-state index < -0.39 is 5.60 Å². The minimum absolute atomic E-state index is 0.0297. The molecule has 30 heavy (non-hydrogen) atoms. The first kappa shape index (κ1) is 22.1. The zero-order valence-electron chi connectivity index (χ0n) is 18.1. The van der Waals surface area contributed by atoms with Crippen LogP contribution in [0.2, 0.25) is 0 Å². The highest BCUT2D eigenvalue weighted by atomic mass is 16.6. The van der Waals surface area contributed by atoms with Gasteiger partial charge in [-0.3, -0.25) is 9.59 Å². The second-order valence-corrected chi connectivity index (χ2v) is 9.15. The van der Waals surface area contributed by atoms with Crippen molar-refractivity contribution in [2.45, 2.75) is 70.4 Å². The molecule has 2 aliphatic rings. The number of nitrogens with one attached hydrogen (secondary N) is 1. The van der Waals surface area contributed by atoms with E-state index in [-0.39, 0.29) is 24.6 Å². The number of Topliss-reactive ketones (excluding diaryl/α,β-unsaturated/α-hetero) is 1. The van der Waals surface area contributed by atoms with Crippen LogP contribution in [0.4, 0.5) is 4.79 Å². The van der Waals surface area contributed by atoms with Crippen LogP contribution >= 0.6 is 0 Å². The summed E-state index contributed by atoms with van der Waals surface area (Å²) in [7, 11) is 0. The molecule has 0 bridgehead atoms. The van der Waals surface area contributed by atoms with Crippen LogP contribution in [0.25, 0.3) is 0 Å². The van der Waals surface area contributed by atoms with Crippen molar-refractivity contribution in [1.82, 2.24) is 10.2 Å². The summed E-state index contributed by atoms with van der Waals surface area (Å²) in [5.41, 5.74) is 0.640. The van der Waals surface area contributed by atoms with Crippen molar-refractivity contribution < 1.29 is 23.9 Å². The third kappa shape index (κ3) is 6.47. The van der Waals surface area contributed by atoms with Gasteiger partial charge in [0.25, 0.3) is 5.91 Å². The number of nitrogens with zero attached hydrogens (tertiary/aromatic N) is 1. The number of ether oxygens (including phenoxy) is 2. The third-order valence-corrected chi connectivity index (χ3v) is 5.48. The Morgan fingerprint density at radius 1 is 1.10 bits per heavy atom. The monoisotopic (exact) mass is 416 g/mol. The van der Waals surface area contributed by atoms with Crippen LogP contribution < -0.4 is 10.1 Å². The molecular formula is C23H32N2O5. The molecule has 1 atom stereocenters. The average molecular weight is 417 g/mol. The Morgan fingerprint density at radius 2 is 1.77 bits per heavy atom. The fraction of sp³-hybridized carbons (Fsp3) is 0.609. The van der Waals surface area contributed by atoms with Gasteiger partial charge < -0.3 is 19.7 Å². The van der Waals surface area contributed by atoms with E-state index in [0.717, 1.165) is 12.0 Å². The number of hydrogen-bond donors (Lipinski definition) is 1. The van der Waals surface area contributed by atoms with Crippen molar-refractivity contribution in [3.05, 3.63) is 29.8 Å². The highest BCUT2D eigenvalue weighted by Crippen LogP contribution is 2.32. The first-order valence-corrected chi connectivity index (χ1v) is 10.7. The summed E-state index contributed by atoms with van der Waals surface area (Å²) >= 11 is 0. The Morgan fingerprint density at radius 3 is 2.33 bits per heavy atom. The van der Waals surface area contributed by atoms with Crippen molar-refractivity contribution in [3.8, 4) is 5.75 Å². The summed E-state index contributed by atoms with van der Waals surface area (Å²) < 4.78 is 11.0. The molecule has 7 nitrogen and oxygen atoms in total. The van der Waals surface area contributed by atoms with Gasteiger partial charge in [0.2, 0.25) is 0 Å². The van der Waals surface area contributed by atoms with Crippen LogP contribution in [0, 0.1) is 0 Å². The number of ketones is 1. The standard InChI is InChI=1S/C23H32N2O5/c1-23(2,3)30-22(28)25-12-10-18(11-13-25)24-21(27)15-29-20-8-5-16(6-9-20)17-4-7-19(26)14-17/h5-6,8-9,17-18H,4,7,10-15H2,1-3H3,(H,24,27)/t17-/m1/s1. The minimum atomic E-state index is -0.508. The predicted octanol–water partition coefficient (Wildman–Crippen LogP) is 3.42. The summed E-state index contributed by atoms with van der Waals surface area (Å²) in [6, 6.07) is 7.68. The molecule has 1 aromatic carbocycles. The van der Waals surface area contributed by atoms with Crippen LogP contribution in [0.5, 0.6) is 5.75 Å². The third-order valence-electron chi connectivity index (χ3n) is 5.48. The van der Waals surface area contributed by atoms with Gasteiger partial charge in [-0.25, -0.2) is 4.79 Å². The molecule has 0 aromatic heterocycles. The molecule has 1 aliphatic carbocycles. The fourth-order valence-corrected chi connectivity index (χ4v) is 3.89. The maximum atomic E-state index is 12.2. The highest BCUT2D eigenvalue weighted by Gasteiger charge is 2.27. The lowest BCUT2D eigenvalue weighted by molar-refractivity contribution is -0.124. The summed E-state index contributed by atoms with van der Waals surface area (Å²) in [5, 5.41) is 2.98. The number of amides is 2. The molecule has 2 fully saturated rings. The molecule has 1 aromatic rings.